The number of rotatable bonds is 3. The molecule has 1 heterocycles. The highest BCUT2D eigenvalue weighted by atomic mass is 32.1. The second kappa shape index (κ2) is 6.83. The fourth-order valence-electron chi connectivity index (χ4n) is 1.91. The van der Waals surface area contributed by atoms with Gasteiger partial charge in [0, 0.05) is 5.69 Å². The van der Waals surface area contributed by atoms with Crippen LogP contribution in [0.25, 0.3) is 0 Å². The van der Waals surface area contributed by atoms with Crippen molar-refractivity contribution in [2.24, 2.45) is 0 Å². The Morgan fingerprint density at radius 1 is 1.13 bits per heavy atom. The summed E-state index contributed by atoms with van der Waals surface area (Å²) in [7, 11) is 0. The van der Waals surface area contributed by atoms with Gasteiger partial charge in [0.1, 0.15) is 10.5 Å². The van der Waals surface area contributed by atoms with E-state index >= 15 is 0 Å². The molecule has 0 atom stereocenters. The van der Waals surface area contributed by atoms with E-state index in [0.717, 1.165) is 5.56 Å². The Hall–Kier alpha value is -2.34. The van der Waals surface area contributed by atoms with Gasteiger partial charge in [0.15, 0.2) is 0 Å². The maximum Gasteiger partial charge on any atom is 0.412 e. The van der Waals surface area contributed by atoms with Gasteiger partial charge >= 0.3 is 6.09 Å². The SMILES string of the molecule is Cc1cccc(NC(=O)c2sccc2NC(=O)OC(C)(C)C)c1. The van der Waals surface area contributed by atoms with Gasteiger partial charge in [-0.15, -0.1) is 11.3 Å². The number of anilines is 2. The first kappa shape index (κ1) is 17.0. The van der Waals surface area contributed by atoms with Crippen LogP contribution < -0.4 is 10.6 Å². The lowest BCUT2D eigenvalue weighted by molar-refractivity contribution is 0.0636. The molecular formula is C17H20N2O3S. The van der Waals surface area contributed by atoms with Gasteiger partial charge in [-0.1, -0.05) is 12.1 Å². The summed E-state index contributed by atoms with van der Waals surface area (Å²) in [5.41, 5.74) is 1.62. The molecule has 23 heavy (non-hydrogen) atoms. The molecular weight excluding hydrogens is 312 g/mol. The van der Waals surface area contributed by atoms with Crippen molar-refractivity contribution in [3.63, 3.8) is 0 Å². The lowest BCUT2D eigenvalue weighted by Gasteiger charge is -2.19. The molecule has 0 aliphatic heterocycles. The van der Waals surface area contributed by atoms with Gasteiger partial charge < -0.3 is 10.1 Å². The molecule has 0 saturated heterocycles. The molecule has 0 saturated carbocycles. The minimum Gasteiger partial charge on any atom is -0.444 e. The lowest BCUT2D eigenvalue weighted by Crippen LogP contribution is -2.27. The number of carbonyl (C=O) groups excluding carboxylic acids is 2. The molecule has 2 N–H and O–H groups in total. The molecule has 2 aromatic rings. The van der Waals surface area contributed by atoms with Crippen LogP contribution in [0, 0.1) is 6.92 Å². The van der Waals surface area contributed by atoms with Crippen molar-refractivity contribution in [1.29, 1.82) is 0 Å². The topological polar surface area (TPSA) is 67.4 Å². The van der Waals surface area contributed by atoms with E-state index in [2.05, 4.69) is 10.6 Å². The smallest absolute Gasteiger partial charge is 0.412 e. The van der Waals surface area contributed by atoms with Crippen LogP contribution in [-0.2, 0) is 4.74 Å². The van der Waals surface area contributed by atoms with E-state index in [-0.39, 0.29) is 5.91 Å². The average molecular weight is 332 g/mol. The Morgan fingerprint density at radius 2 is 1.87 bits per heavy atom. The van der Waals surface area contributed by atoms with E-state index in [0.29, 0.717) is 16.3 Å². The van der Waals surface area contributed by atoms with Crippen LogP contribution in [0.15, 0.2) is 35.7 Å². The molecule has 0 spiro atoms. The summed E-state index contributed by atoms with van der Waals surface area (Å²) in [6.07, 6.45) is -0.583. The molecule has 0 aliphatic rings. The number of nitrogens with one attached hydrogen (secondary N) is 2. The number of hydrogen-bond acceptors (Lipinski definition) is 4. The molecule has 1 aromatic heterocycles. The predicted octanol–water partition coefficient (Wildman–Crippen LogP) is 4.66. The zero-order valence-corrected chi connectivity index (χ0v) is 14.4. The van der Waals surface area contributed by atoms with E-state index in [4.69, 9.17) is 4.74 Å². The van der Waals surface area contributed by atoms with E-state index in [1.807, 2.05) is 31.2 Å². The van der Waals surface area contributed by atoms with Crippen LogP contribution in [0.5, 0.6) is 0 Å². The van der Waals surface area contributed by atoms with Crippen LogP contribution in [0.2, 0.25) is 0 Å². The van der Waals surface area contributed by atoms with E-state index in [1.54, 1.807) is 32.2 Å². The van der Waals surface area contributed by atoms with Crippen LogP contribution in [0.3, 0.4) is 0 Å². The van der Waals surface area contributed by atoms with E-state index in [9.17, 15) is 9.59 Å². The molecule has 0 unspecified atom stereocenters. The van der Waals surface area contributed by atoms with Gasteiger partial charge in [0.05, 0.1) is 5.69 Å². The van der Waals surface area contributed by atoms with Crippen molar-refractivity contribution in [3.05, 3.63) is 46.2 Å². The summed E-state index contributed by atoms with van der Waals surface area (Å²) in [5.74, 6) is -0.267. The fourth-order valence-corrected chi connectivity index (χ4v) is 2.65. The number of ether oxygens (including phenoxy) is 1. The van der Waals surface area contributed by atoms with Crippen molar-refractivity contribution in [3.8, 4) is 0 Å². The van der Waals surface area contributed by atoms with Crippen molar-refractivity contribution in [2.45, 2.75) is 33.3 Å². The number of hydrogen-bond donors (Lipinski definition) is 2. The molecule has 0 fully saturated rings. The number of aryl methyl sites for hydroxylation is 1. The highest BCUT2D eigenvalue weighted by Gasteiger charge is 2.20. The first-order valence-electron chi connectivity index (χ1n) is 7.20. The first-order chi connectivity index (χ1) is 10.7. The van der Waals surface area contributed by atoms with Gasteiger partial charge in [0.2, 0.25) is 0 Å². The largest absolute Gasteiger partial charge is 0.444 e. The highest BCUT2D eigenvalue weighted by Crippen LogP contribution is 2.24. The van der Waals surface area contributed by atoms with Crippen molar-refractivity contribution < 1.29 is 14.3 Å². The zero-order chi connectivity index (χ0) is 17.0. The van der Waals surface area contributed by atoms with Crippen LogP contribution >= 0.6 is 11.3 Å². The Bertz CT molecular complexity index is 717. The maximum absolute atomic E-state index is 12.4. The summed E-state index contributed by atoms with van der Waals surface area (Å²) in [4.78, 5) is 24.7. The van der Waals surface area contributed by atoms with E-state index in [1.165, 1.54) is 11.3 Å². The monoisotopic (exact) mass is 332 g/mol. The maximum atomic E-state index is 12.4. The highest BCUT2D eigenvalue weighted by molar-refractivity contribution is 7.12. The second-order valence-electron chi connectivity index (χ2n) is 6.11. The molecule has 0 aliphatic carbocycles. The summed E-state index contributed by atoms with van der Waals surface area (Å²) < 4.78 is 5.20. The van der Waals surface area contributed by atoms with Crippen molar-refractivity contribution in [1.82, 2.24) is 0 Å². The average Bonchev–Trinajstić information content (AvgIpc) is 2.84. The van der Waals surface area contributed by atoms with E-state index < -0.39 is 11.7 Å². The Morgan fingerprint density at radius 3 is 2.52 bits per heavy atom. The number of benzene rings is 1. The summed E-state index contributed by atoms with van der Waals surface area (Å²) in [6.45, 7) is 7.30. The Balaban J connectivity index is 2.08. The van der Waals surface area contributed by atoms with Gasteiger partial charge in [-0.2, -0.15) is 0 Å². The van der Waals surface area contributed by atoms with Crippen molar-refractivity contribution >= 4 is 34.7 Å². The lowest BCUT2D eigenvalue weighted by atomic mass is 10.2. The molecule has 2 rings (SSSR count). The predicted molar refractivity (Wildman–Crippen MR) is 93.3 cm³/mol. The van der Waals surface area contributed by atoms with Gasteiger partial charge in [0.25, 0.3) is 5.91 Å². The summed E-state index contributed by atoms with van der Waals surface area (Å²) in [6, 6.07) is 9.21. The number of carbonyl (C=O) groups is 2. The fraction of sp³-hybridized carbons (Fsp3) is 0.294. The standard InChI is InChI=1S/C17H20N2O3S/c1-11-6-5-7-12(10-11)18-15(20)14-13(8-9-23-14)19-16(21)22-17(2,3)4/h5-10H,1-4H3,(H,18,20)(H,19,21). The third-order valence-electron chi connectivity index (χ3n) is 2.78. The molecule has 0 radical (unpaired) electrons. The minimum absolute atomic E-state index is 0.267. The summed E-state index contributed by atoms with van der Waals surface area (Å²) in [5, 5.41) is 7.19. The Labute approximate surface area is 139 Å². The molecule has 2 amide bonds. The minimum atomic E-state index is -0.593. The number of amides is 2. The second-order valence-corrected chi connectivity index (χ2v) is 7.03. The van der Waals surface area contributed by atoms with Crippen LogP contribution in [-0.4, -0.2) is 17.6 Å². The normalized spacial score (nSPS) is 11.0. The third-order valence-corrected chi connectivity index (χ3v) is 3.70. The molecule has 0 bridgehead atoms. The molecule has 1 aromatic carbocycles. The molecule has 5 nitrogen and oxygen atoms in total. The Kier molecular flexibility index (Phi) is 5.05. The molecule has 122 valence electrons. The quantitative estimate of drug-likeness (QED) is 0.859. The van der Waals surface area contributed by atoms with Crippen LogP contribution in [0.1, 0.15) is 36.0 Å². The molecule has 6 heteroatoms. The zero-order valence-electron chi connectivity index (χ0n) is 13.6. The number of thiophene rings is 1. The van der Waals surface area contributed by atoms with Crippen LogP contribution in [0.4, 0.5) is 16.2 Å². The van der Waals surface area contributed by atoms with Crippen molar-refractivity contribution in [2.75, 3.05) is 10.6 Å². The van der Waals surface area contributed by atoms with Gasteiger partial charge in [-0.25, -0.2) is 4.79 Å². The first-order valence-corrected chi connectivity index (χ1v) is 8.08. The third kappa shape index (κ3) is 5.10. The van der Waals surface area contributed by atoms with Gasteiger partial charge in [-0.05, 0) is 56.8 Å². The van der Waals surface area contributed by atoms with Gasteiger partial charge in [-0.3, -0.25) is 10.1 Å². The summed E-state index contributed by atoms with van der Waals surface area (Å²) >= 11 is 1.26.